The highest BCUT2D eigenvalue weighted by Gasteiger charge is 2.19. The van der Waals surface area contributed by atoms with E-state index in [1.807, 2.05) is 0 Å². The standard InChI is InChI=1S/C23H22FN3O6/c1-14(28)31-12-20(33-15(2)29)13-32-19-5-3-4-16(10-19)22(30)21-11-26-27(23(21)25)18-8-6-17(24)7-9-18/h3-11,20H,12-13,25H2,1-2H3/t20-/m0/s1. The summed E-state index contributed by atoms with van der Waals surface area (Å²) in [6.45, 7) is 2.23. The number of esters is 2. The van der Waals surface area contributed by atoms with Crippen LogP contribution in [0.5, 0.6) is 5.75 Å². The lowest BCUT2D eigenvalue weighted by molar-refractivity contribution is -0.158. The van der Waals surface area contributed by atoms with Gasteiger partial charge in [-0.3, -0.25) is 14.4 Å². The number of benzene rings is 2. The minimum Gasteiger partial charge on any atom is -0.490 e. The minimum absolute atomic E-state index is 0.0882. The molecule has 3 rings (SSSR count). The van der Waals surface area contributed by atoms with Gasteiger partial charge in [-0.2, -0.15) is 5.10 Å². The average Bonchev–Trinajstić information content (AvgIpc) is 3.16. The summed E-state index contributed by atoms with van der Waals surface area (Å²) in [4.78, 5) is 35.3. The van der Waals surface area contributed by atoms with Crippen LogP contribution in [0.1, 0.15) is 29.8 Å². The fourth-order valence-electron chi connectivity index (χ4n) is 2.95. The van der Waals surface area contributed by atoms with Crippen LogP contribution in [0.3, 0.4) is 0 Å². The monoisotopic (exact) mass is 455 g/mol. The number of carbonyl (C=O) groups is 3. The van der Waals surface area contributed by atoms with Crippen molar-refractivity contribution in [2.75, 3.05) is 18.9 Å². The van der Waals surface area contributed by atoms with Gasteiger partial charge in [-0.05, 0) is 36.4 Å². The molecule has 1 aromatic heterocycles. The molecule has 33 heavy (non-hydrogen) atoms. The van der Waals surface area contributed by atoms with E-state index in [0.29, 0.717) is 17.0 Å². The summed E-state index contributed by atoms with van der Waals surface area (Å²) in [5.41, 5.74) is 7.09. The van der Waals surface area contributed by atoms with Crippen molar-refractivity contribution in [1.82, 2.24) is 9.78 Å². The van der Waals surface area contributed by atoms with E-state index < -0.39 is 23.9 Å². The van der Waals surface area contributed by atoms with E-state index in [4.69, 9.17) is 19.9 Å². The second kappa shape index (κ2) is 10.4. The lowest BCUT2D eigenvalue weighted by Gasteiger charge is -2.17. The minimum atomic E-state index is -0.810. The number of carbonyl (C=O) groups excluding carboxylic acids is 3. The number of nitrogens with two attached hydrogens (primary N) is 1. The molecule has 172 valence electrons. The van der Waals surface area contributed by atoms with Crippen molar-refractivity contribution in [3.8, 4) is 11.4 Å². The van der Waals surface area contributed by atoms with E-state index in [2.05, 4.69) is 5.10 Å². The molecule has 3 aromatic rings. The first-order valence-electron chi connectivity index (χ1n) is 9.92. The molecule has 10 heteroatoms. The quantitative estimate of drug-likeness (QED) is 0.386. The lowest BCUT2D eigenvalue weighted by atomic mass is 10.1. The van der Waals surface area contributed by atoms with Gasteiger partial charge >= 0.3 is 11.9 Å². The van der Waals surface area contributed by atoms with Gasteiger partial charge in [0, 0.05) is 19.4 Å². The van der Waals surface area contributed by atoms with Crippen LogP contribution in [0, 0.1) is 5.82 Å². The first kappa shape index (κ1) is 23.5. The zero-order valence-electron chi connectivity index (χ0n) is 18.0. The predicted octanol–water partition coefficient (Wildman–Crippen LogP) is 2.70. The average molecular weight is 455 g/mol. The first-order valence-corrected chi connectivity index (χ1v) is 9.92. The van der Waals surface area contributed by atoms with Gasteiger partial charge in [0.25, 0.3) is 0 Å². The molecule has 0 saturated heterocycles. The topological polar surface area (TPSA) is 123 Å². The molecule has 0 aliphatic rings. The van der Waals surface area contributed by atoms with Gasteiger partial charge in [-0.25, -0.2) is 9.07 Å². The Bertz CT molecular complexity index is 1160. The Morgan fingerprint density at radius 3 is 2.45 bits per heavy atom. The third kappa shape index (κ3) is 6.16. The number of halogens is 1. The molecule has 0 saturated carbocycles. The molecule has 9 nitrogen and oxygen atoms in total. The second-order valence-corrected chi connectivity index (χ2v) is 7.03. The van der Waals surface area contributed by atoms with Gasteiger partial charge in [0.1, 0.15) is 30.6 Å². The highest BCUT2D eigenvalue weighted by Crippen LogP contribution is 2.22. The number of nitrogen functional groups attached to an aromatic ring is 1. The van der Waals surface area contributed by atoms with Crippen LogP contribution in [0.4, 0.5) is 10.2 Å². The van der Waals surface area contributed by atoms with Crippen LogP contribution in [0.2, 0.25) is 0 Å². The molecular formula is C23H22FN3O6. The van der Waals surface area contributed by atoms with Crippen molar-refractivity contribution in [2.24, 2.45) is 0 Å². The highest BCUT2D eigenvalue weighted by atomic mass is 19.1. The zero-order chi connectivity index (χ0) is 24.0. The molecule has 0 unspecified atom stereocenters. The number of anilines is 1. The molecule has 1 atom stereocenters. The van der Waals surface area contributed by atoms with Crippen LogP contribution in [0.15, 0.2) is 54.7 Å². The van der Waals surface area contributed by atoms with Crippen molar-refractivity contribution < 1.29 is 33.0 Å². The van der Waals surface area contributed by atoms with Crippen molar-refractivity contribution in [3.63, 3.8) is 0 Å². The molecule has 2 N–H and O–H groups in total. The maximum atomic E-state index is 13.2. The Kier molecular flexibility index (Phi) is 7.39. The predicted molar refractivity (Wildman–Crippen MR) is 115 cm³/mol. The molecule has 0 amide bonds. The summed E-state index contributed by atoms with van der Waals surface area (Å²) < 4.78 is 30.1. The van der Waals surface area contributed by atoms with Gasteiger partial charge in [0.15, 0.2) is 11.9 Å². The normalized spacial score (nSPS) is 11.5. The fourth-order valence-corrected chi connectivity index (χ4v) is 2.95. The van der Waals surface area contributed by atoms with Gasteiger partial charge in [0.05, 0.1) is 17.4 Å². The summed E-state index contributed by atoms with van der Waals surface area (Å²) >= 11 is 0. The van der Waals surface area contributed by atoms with Crippen molar-refractivity contribution in [3.05, 3.63) is 71.7 Å². The fraction of sp³-hybridized carbons (Fsp3) is 0.217. The Hall–Kier alpha value is -4.21. The zero-order valence-corrected chi connectivity index (χ0v) is 18.0. The second-order valence-electron chi connectivity index (χ2n) is 7.03. The molecule has 0 fully saturated rings. The smallest absolute Gasteiger partial charge is 0.303 e. The number of rotatable bonds is 9. The van der Waals surface area contributed by atoms with Crippen LogP contribution in [0.25, 0.3) is 5.69 Å². The third-order valence-corrected chi connectivity index (χ3v) is 4.46. The SMILES string of the molecule is CC(=O)OC[C@@H](COc1cccc(C(=O)c2cnn(-c3ccc(F)cc3)c2N)c1)OC(C)=O. The van der Waals surface area contributed by atoms with E-state index in [9.17, 15) is 18.8 Å². The summed E-state index contributed by atoms with van der Waals surface area (Å²) in [6.07, 6.45) is 0.528. The summed E-state index contributed by atoms with van der Waals surface area (Å²) in [7, 11) is 0. The van der Waals surface area contributed by atoms with Crippen molar-refractivity contribution >= 4 is 23.5 Å². The molecule has 0 spiro atoms. The number of nitrogens with zero attached hydrogens (tertiary/aromatic N) is 2. The van der Waals surface area contributed by atoms with E-state index in [1.54, 1.807) is 18.2 Å². The molecule has 1 heterocycles. The summed E-state index contributed by atoms with van der Waals surface area (Å²) in [5.74, 6) is -1.41. The molecule has 0 radical (unpaired) electrons. The largest absolute Gasteiger partial charge is 0.490 e. The maximum absolute atomic E-state index is 13.2. The van der Waals surface area contributed by atoms with Crippen LogP contribution < -0.4 is 10.5 Å². The molecule has 0 aliphatic heterocycles. The van der Waals surface area contributed by atoms with Gasteiger partial charge in [-0.1, -0.05) is 12.1 Å². The molecule has 0 bridgehead atoms. The number of ketones is 1. The van der Waals surface area contributed by atoms with E-state index in [-0.39, 0.29) is 30.4 Å². The van der Waals surface area contributed by atoms with Gasteiger partial charge in [0.2, 0.25) is 0 Å². The Morgan fingerprint density at radius 2 is 1.79 bits per heavy atom. The Morgan fingerprint density at radius 1 is 1.06 bits per heavy atom. The number of aromatic nitrogens is 2. The van der Waals surface area contributed by atoms with E-state index >= 15 is 0 Å². The third-order valence-electron chi connectivity index (χ3n) is 4.46. The molecule has 0 aliphatic carbocycles. The van der Waals surface area contributed by atoms with Crippen molar-refractivity contribution in [1.29, 1.82) is 0 Å². The van der Waals surface area contributed by atoms with Gasteiger partial charge < -0.3 is 19.9 Å². The number of hydrogen-bond acceptors (Lipinski definition) is 8. The molecule has 2 aromatic carbocycles. The van der Waals surface area contributed by atoms with E-state index in [0.717, 1.165) is 0 Å². The Labute approximate surface area is 188 Å². The van der Waals surface area contributed by atoms with Crippen LogP contribution >= 0.6 is 0 Å². The number of ether oxygens (including phenoxy) is 3. The summed E-state index contributed by atoms with van der Waals surface area (Å²) in [5, 5.41) is 4.13. The van der Waals surface area contributed by atoms with Crippen LogP contribution in [-0.4, -0.2) is 46.8 Å². The van der Waals surface area contributed by atoms with Crippen LogP contribution in [-0.2, 0) is 19.1 Å². The number of hydrogen-bond donors (Lipinski definition) is 1. The van der Waals surface area contributed by atoms with E-state index in [1.165, 1.54) is 55.1 Å². The van der Waals surface area contributed by atoms with Gasteiger partial charge in [-0.15, -0.1) is 0 Å². The lowest BCUT2D eigenvalue weighted by Crippen LogP contribution is -2.29. The summed E-state index contributed by atoms with van der Waals surface area (Å²) in [6, 6.07) is 11.9. The van der Waals surface area contributed by atoms with Crippen molar-refractivity contribution in [2.45, 2.75) is 20.0 Å². The highest BCUT2D eigenvalue weighted by molar-refractivity contribution is 6.11. The molecular weight excluding hydrogens is 433 g/mol. The maximum Gasteiger partial charge on any atom is 0.303 e. The first-order chi connectivity index (χ1) is 15.7. The Balaban J connectivity index is 1.73.